The van der Waals surface area contributed by atoms with Gasteiger partial charge in [0.25, 0.3) is 5.91 Å². The molecule has 1 aliphatic heterocycles. The van der Waals surface area contributed by atoms with Gasteiger partial charge in [0, 0.05) is 37.9 Å². The highest BCUT2D eigenvalue weighted by molar-refractivity contribution is 5.94. The summed E-state index contributed by atoms with van der Waals surface area (Å²) in [4.78, 5) is 37.2. The number of rotatable bonds is 8. The van der Waals surface area contributed by atoms with Gasteiger partial charge in [-0.25, -0.2) is 9.97 Å². The zero-order valence-corrected chi connectivity index (χ0v) is 22.6. The van der Waals surface area contributed by atoms with Crippen LogP contribution in [-0.2, 0) is 30.7 Å². The van der Waals surface area contributed by atoms with E-state index >= 15 is 0 Å². The van der Waals surface area contributed by atoms with E-state index in [1.807, 2.05) is 30.0 Å². The van der Waals surface area contributed by atoms with Crippen LogP contribution in [0.1, 0.15) is 45.7 Å². The van der Waals surface area contributed by atoms with Crippen LogP contribution >= 0.6 is 0 Å². The summed E-state index contributed by atoms with van der Waals surface area (Å²) in [5.41, 5.74) is 13.9. The quantitative estimate of drug-likeness (QED) is 0.451. The van der Waals surface area contributed by atoms with E-state index in [-0.39, 0.29) is 24.2 Å². The molecule has 0 atom stereocenters. The first-order chi connectivity index (χ1) is 18.8. The van der Waals surface area contributed by atoms with Crippen molar-refractivity contribution >= 4 is 17.6 Å². The van der Waals surface area contributed by atoms with Gasteiger partial charge < -0.3 is 24.8 Å². The highest BCUT2D eigenvalue weighted by Crippen LogP contribution is 2.56. The Kier molecular flexibility index (Phi) is 6.16. The summed E-state index contributed by atoms with van der Waals surface area (Å²) in [6.45, 7) is 8.28. The molecule has 2 aliphatic carbocycles. The van der Waals surface area contributed by atoms with Crippen LogP contribution in [0.5, 0.6) is 5.75 Å². The lowest BCUT2D eigenvalue weighted by Gasteiger charge is -2.30. The fourth-order valence-corrected chi connectivity index (χ4v) is 5.94. The zero-order valence-electron chi connectivity index (χ0n) is 22.6. The van der Waals surface area contributed by atoms with Gasteiger partial charge >= 0.3 is 0 Å². The Bertz CT molecular complexity index is 1490. The second kappa shape index (κ2) is 9.55. The number of anilines is 1. The Morgan fingerprint density at radius 1 is 1.23 bits per heavy atom. The number of carbonyl (C=O) groups is 2. The van der Waals surface area contributed by atoms with Crippen LogP contribution in [0.4, 0.5) is 5.82 Å². The Labute approximate surface area is 228 Å². The van der Waals surface area contributed by atoms with Crippen LogP contribution in [0.2, 0.25) is 0 Å². The largest absolute Gasteiger partial charge is 0.486 e. The third-order valence-electron chi connectivity index (χ3n) is 8.50. The number of fused-ring (bicyclic) bond motifs is 3. The minimum atomic E-state index is -0.182. The van der Waals surface area contributed by atoms with E-state index in [1.165, 1.54) is 41.4 Å². The molecular weight excluding hydrogens is 492 g/mol. The summed E-state index contributed by atoms with van der Waals surface area (Å²) in [6.07, 6.45) is 7.61. The Hall–Kier alpha value is -4.14. The van der Waals surface area contributed by atoms with Crippen LogP contribution < -0.4 is 10.5 Å². The van der Waals surface area contributed by atoms with E-state index in [9.17, 15) is 9.59 Å². The molecule has 9 nitrogen and oxygen atoms in total. The average Bonchev–Trinajstić information content (AvgIpc) is 3.46. The van der Waals surface area contributed by atoms with Crippen LogP contribution in [0.25, 0.3) is 11.3 Å². The number of amides is 2. The van der Waals surface area contributed by atoms with Gasteiger partial charge in [-0.3, -0.25) is 9.59 Å². The lowest BCUT2D eigenvalue weighted by molar-refractivity contribution is -0.125. The summed E-state index contributed by atoms with van der Waals surface area (Å²) in [5, 5.41) is 0. The molecule has 0 unspecified atom stereocenters. The number of benzene rings is 1. The number of likely N-dealkylation sites (N-methyl/N-ethyl adjacent to an activating group) is 1. The van der Waals surface area contributed by atoms with Gasteiger partial charge in [-0.2, -0.15) is 0 Å². The predicted molar refractivity (Wildman–Crippen MR) is 148 cm³/mol. The molecule has 0 saturated heterocycles. The first-order valence-electron chi connectivity index (χ1n) is 13.5. The molecular formula is C30H34N6O3. The molecule has 2 aromatic heterocycles. The van der Waals surface area contributed by atoms with Gasteiger partial charge in [0.2, 0.25) is 5.91 Å². The molecule has 6 rings (SSSR count). The Balaban J connectivity index is 1.16. The van der Waals surface area contributed by atoms with Crippen molar-refractivity contribution in [3.63, 3.8) is 0 Å². The molecule has 2 amide bonds. The molecule has 3 aliphatic rings. The highest BCUT2D eigenvalue weighted by atomic mass is 16.5. The SMILES string of the molecule is C=CC(=O)N(C)CCOc1c(N)ncnc1-c1ccc(CN2CCn3c(cc4c3CC3(CC3)C4)C2=O)c(C)c1. The van der Waals surface area contributed by atoms with Gasteiger partial charge in [0.1, 0.15) is 24.3 Å². The fourth-order valence-electron chi connectivity index (χ4n) is 5.94. The number of aryl methyl sites for hydroxylation is 1. The van der Waals surface area contributed by atoms with Gasteiger partial charge in [-0.05, 0) is 72.9 Å². The normalized spacial score (nSPS) is 16.7. The number of nitrogens with two attached hydrogens (primary N) is 1. The molecule has 39 heavy (non-hydrogen) atoms. The molecule has 1 spiro atoms. The van der Waals surface area contributed by atoms with Crippen LogP contribution in [0.15, 0.2) is 43.2 Å². The van der Waals surface area contributed by atoms with Crippen molar-refractivity contribution in [2.45, 2.75) is 45.7 Å². The van der Waals surface area contributed by atoms with E-state index in [2.05, 4.69) is 27.2 Å². The summed E-state index contributed by atoms with van der Waals surface area (Å²) in [6, 6.07) is 8.21. The number of nitrogens with zero attached hydrogens (tertiary/aromatic N) is 5. The number of hydrogen-bond acceptors (Lipinski definition) is 6. The van der Waals surface area contributed by atoms with E-state index in [4.69, 9.17) is 10.5 Å². The smallest absolute Gasteiger partial charge is 0.270 e. The monoisotopic (exact) mass is 526 g/mol. The lowest BCUT2D eigenvalue weighted by Crippen LogP contribution is -2.40. The molecule has 1 aromatic carbocycles. The van der Waals surface area contributed by atoms with E-state index < -0.39 is 0 Å². The molecule has 9 heteroatoms. The maximum absolute atomic E-state index is 13.4. The Morgan fingerprint density at radius 3 is 2.79 bits per heavy atom. The molecule has 1 fully saturated rings. The number of aromatic nitrogens is 3. The van der Waals surface area contributed by atoms with Crippen LogP contribution in [0, 0.1) is 12.3 Å². The van der Waals surface area contributed by atoms with E-state index in [0.29, 0.717) is 36.5 Å². The fraction of sp³-hybridized carbons (Fsp3) is 0.400. The van der Waals surface area contributed by atoms with Gasteiger partial charge in [0.05, 0.1) is 6.54 Å². The van der Waals surface area contributed by atoms with Crippen molar-refractivity contribution in [3.05, 3.63) is 71.3 Å². The minimum Gasteiger partial charge on any atom is -0.486 e. The standard InChI is InChI=1S/C30H34N6O3/c1-4-25(37)34(3)11-12-39-27-26(32-18-33-28(27)31)20-5-6-21(19(2)13-20)17-35-9-10-36-23(29(35)38)14-22-15-30(7-8-30)16-24(22)36/h4-6,13-14,18H,1,7-12,15-17H2,2-3H3,(H2,31,32,33). The summed E-state index contributed by atoms with van der Waals surface area (Å²) >= 11 is 0. The number of hydrogen-bond donors (Lipinski definition) is 1. The first kappa shape index (κ1) is 25.2. The maximum atomic E-state index is 13.4. The summed E-state index contributed by atoms with van der Waals surface area (Å²) in [7, 11) is 1.68. The second-order valence-corrected chi connectivity index (χ2v) is 11.1. The molecule has 3 heterocycles. The van der Waals surface area contributed by atoms with Crippen molar-refractivity contribution in [2.75, 3.05) is 32.5 Å². The first-order valence-corrected chi connectivity index (χ1v) is 13.5. The molecule has 0 bridgehead atoms. The number of nitrogen functional groups attached to an aromatic ring is 1. The third-order valence-corrected chi connectivity index (χ3v) is 8.50. The third kappa shape index (κ3) is 4.56. The van der Waals surface area contributed by atoms with Crippen molar-refractivity contribution in [3.8, 4) is 17.0 Å². The molecule has 1 saturated carbocycles. The molecule has 202 valence electrons. The molecule has 0 radical (unpaired) electrons. The zero-order chi connectivity index (χ0) is 27.3. The van der Waals surface area contributed by atoms with E-state index in [0.717, 1.165) is 41.8 Å². The summed E-state index contributed by atoms with van der Waals surface area (Å²) < 4.78 is 8.22. The molecule has 2 N–H and O–H groups in total. The van der Waals surface area contributed by atoms with Crippen LogP contribution in [0.3, 0.4) is 0 Å². The van der Waals surface area contributed by atoms with Gasteiger partial charge in [0.15, 0.2) is 11.6 Å². The van der Waals surface area contributed by atoms with Crippen LogP contribution in [-0.4, -0.2) is 62.9 Å². The van der Waals surface area contributed by atoms with E-state index in [1.54, 1.807) is 7.05 Å². The minimum absolute atomic E-state index is 0.114. The van der Waals surface area contributed by atoms with Gasteiger partial charge in [-0.1, -0.05) is 18.7 Å². The highest BCUT2D eigenvalue weighted by Gasteiger charge is 2.49. The van der Waals surface area contributed by atoms with Gasteiger partial charge in [-0.15, -0.1) is 0 Å². The predicted octanol–water partition coefficient (Wildman–Crippen LogP) is 3.39. The number of carbonyl (C=O) groups excluding carboxylic acids is 2. The topological polar surface area (TPSA) is 107 Å². The maximum Gasteiger partial charge on any atom is 0.270 e. The molecule has 3 aromatic rings. The summed E-state index contributed by atoms with van der Waals surface area (Å²) in [5.74, 6) is 0.555. The average molecular weight is 527 g/mol. The number of ether oxygens (including phenoxy) is 1. The van der Waals surface area contributed by atoms with Crippen molar-refractivity contribution in [2.24, 2.45) is 5.41 Å². The van der Waals surface area contributed by atoms with Crippen molar-refractivity contribution < 1.29 is 14.3 Å². The van der Waals surface area contributed by atoms with Crippen molar-refractivity contribution in [1.82, 2.24) is 24.3 Å². The lowest BCUT2D eigenvalue weighted by atomic mass is 10.0. The Morgan fingerprint density at radius 2 is 2.05 bits per heavy atom. The van der Waals surface area contributed by atoms with Crippen molar-refractivity contribution in [1.29, 1.82) is 0 Å². The second-order valence-electron chi connectivity index (χ2n) is 11.1.